The Morgan fingerprint density at radius 3 is 2.20 bits per heavy atom. The van der Waals surface area contributed by atoms with Crippen LogP contribution in [0.5, 0.6) is 0 Å². The summed E-state index contributed by atoms with van der Waals surface area (Å²) in [4.78, 5) is 0. The Labute approximate surface area is 66.6 Å². The van der Waals surface area contributed by atoms with E-state index in [1.54, 1.807) is 13.8 Å². The maximum Gasteiger partial charge on any atom is 0.517 e. The van der Waals surface area contributed by atoms with Crippen LogP contribution < -0.4 is 0 Å². The zero-order valence-corrected chi connectivity index (χ0v) is 7.89. The van der Waals surface area contributed by atoms with Gasteiger partial charge in [0.2, 0.25) is 0 Å². The van der Waals surface area contributed by atoms with E-state index in [-0.39, 0.29) is 0 Å². The summed E-state index contributed by atoms with van der Waals surface area (Å²) in [5.41, 5.74) is 0. The van der Waals surface area contributed by atoms with Crippen molar-refractivity contribution in [1.29, 1.82) is 0 Å². The predicted molar refractivity (Wildman–Crippen MR) is 36.0 cm³/mol. The first-order valence-corrected chi connectivity index (χ1v) is 4.54. The quantitative estimate of drug-likeness (QED) is 0.705. The van der Waals surface area contributed by atoms with E-state index >= 15 is 0 Å². The van der Waals surface area contributed by atoms with Crippen LogP contribution in [0.3, 0.4) is 0 Å². The molecule has 0 aliphatic carbocycles. The first-order valence-electron chi connectivity index (χ1n) is 2.43. The van der Waals surface area contributed by atoms with Crippen LogP contribution in [0.4, 0.5) is 4.53 Å². The van der Waals surface area contributed by atoms with E-state index in [0.29, 0.717) is 0 Å². The number of halogens is 2. The Balaban J connectivity index is 3.94. The van der Waals surface area contributed by atoms with Gasteiger partial charge in [0.05, 0.1) is 6.10 Å². The van der Waals surface area contributed by atoms with Crippen molar-refractivity contribution in [1.82, 2.24) is 0 Å². The average molecular weight is 237 g/mol. The molecule has 10 heavy (non-hydrogen) atoms. The molecule has 0 spiro atoms. The van der Waals surface area contributed by atoms with Gasteiger partial charge in [0.15, 0.2) is 0 Å². The lowest BCUT2D eigenvalue weighted by Gasteiger charge is -2.10. The largest absolute Gasteiger partial charge is 0.517 e. The summed E-state index contributed by atoms with van der Waals surface area (Å²) in [6.07, 6.45) is -0.431. The fourth-order valence-corrected chi connectivity index (χ4v) is 1.24. The predicted octanol–water partition coefficient (Wildman–Crippen LogP) is 2.75. The van der Waals surface area contributed by atoms with Crippen LogP contribution in [0.15, 0.2) is 0 Å². The molecule has 0 rings (SSSR count). The van der Waals surface area contributed by atoms with Gasteiger partial charge in [-0.3, -0.25) is 4.52 Å². The van der Waals surface area contributed by atoms with E-state index < -0.39 is 13.9 Å². The summed E-state index contributed by atoms with van der Waals surface area (Å²) in [5.74, 6) is 0. The number of rotatable bonds is 4. The lowest BCUT2D eigenvalue weighted by Crippen LogP contribution is -2.00. The highest BCUT2D eigenvalue weighted by Crippen LogP contribution is 2.52. The van der Waals surface area contributed by atoms with E-state index in [0.717, 1.165) is 0 Å². The first-order chi connectivity index (χ1) is 4.54. The van der Waals surface area contributed by atoms with Gasteiger partial charge in [-0.15, -0.1) is 0 Å². The molecule has 0 bridgehead atoms. The topological polar surface area (TPSA) is 44.8 Å². The van der Waals surface area contributed by atoms with E-state index in [1.807, 2.05) is 0 Å². The van der Waals surface area contributed by atoms with Gasteiger partial charge in [-0.05, 0) is 18.4 Å². The minimum absolute atomic E-state index is 0.431. The molecule has 0 fully saturated rings. The van der Waals surface area contributed by atoms with Gasteiger partial charge in [-0.1, -0.05) is 4.73 Å². The van der Waals surface area contributed by atoms with Gasteiger partial charge < -0.3 is 0 Å². The third-order valence-corrected chi connectivity index (χ3v) is 2.59. The Kier molecular flexibility index (Phi) is 4.64. The second kappa shape index (κ2) is 4.41. The zero-order chi connectivity index (χ0) is 8.20. The summed E-state index contributed by atoms with van der Waals surface area (Å²) >= 11 is 2.31. The van der Waals surface area contributed by atoms with Gasteiger partial charge in [0, 0.05) is 0 Å². The van der Waals surface area contributed by atoms with E-state index in [9.17, 15) is 9.09 Å². The third-order valence-electron chi connectivity index (χ3n) is 0.509. The van der Waals surface area contributed by atoms with Crippen LogP contribution in [-0.4, -0.2) is 6.10 Å². The van der Waals surface area contributed by atoms with Crippen LogP contribution in [0, 0.1) is 0 Å². The highest BCUT2D eigenvalue weighted by atomic mass is 79.9. The molecule has 0 radical (unpaired) electrons. The van der Waals surface area contributed by atoms with Crippen molar-refractivity contribution in [3.8, 4) is 0 Å². The van der Waals surface area contributed by atoms with Gasteiger partial charge >= 0.3 is 7.82 Å². The minimum atomic E-state index is -3.99. The van der Waals surface area contributed by atoms with Crippen LogP contribution in [-0.2, 0) is 17.4 Å². The van der Waals surface area contributed by atoms with Crippen molar-refractivity contribution in [2.75, 3.05) is 0 Å². The fraction of sp³-hybridized carbons (Fsp3) is 1.00. The fourth-order valence-electron chi connectivity index (χ4n) is 0.301. The molecule has 0 aliphatic heterocycles. The van der Waals surface area contributed by atoms with Crippen molar-refractivity contribution in [2.24, 2.45) is 0 Å². The third kappa shape index (κ3) is 3.63. The number of hydrogen-bond donors (Lipinski definition) is 0. The molecule has 0 aromatic carbocycles. The van der Waals surface area contributed by atoms with Gasteiger partial charge in [-0.2, -0.15) is 0 Å². The molecule has 0 heterocycles. The molecule has 0 aliphatic rings. The molecule has 4 nitrogen and oxygen atoms in total. The van der Waals surface area contributed by atoms with Gasteiger partial charge in [0.25, 0.3) is 0 Å². The standard InChI is InChI=1S/C3H7BrFO4P/c1-3(2)7-10(6,8-4)9-5/h3H,1-2H3. The number of phosphoric acid groups is 1. The maximum absolute atomic E-state index is 11.4. The molecule has 0 saturated heterocycles. The first kappa shape index (κ1) is 10.5. The van der Waals surface area contributed by atoms with Crippen LogP contribution in [0.1, 0.15) is 13.8 Å². The van der Waals surface area contributed by atoms with Crippen LogP contribution in [0.2, 0.25) is 0 Å². The molecule has 0 amide bonds. The molecule has 0 aromatic heterocycles. The normalized spacial score (nSPS) is 17.3. The van der Waals surface area contributed by atoms with Crippen LogP contribution >= 0.6 is 24.1 Å². The van der Waals surface area contributed by atoms with Crippen molar-refractivity contribution in [3.05, 3.63) is 0 Å². The summed E-state index contributed by atoms with van der Waals surface area (Å²) in [5, 5.41) is 0. The second-order valence-electron chi connectivity index (χ2n) is 1.74. The molecule has 1 atom stereocenters. The van der Waals surface area contributed by atoms with E-state index in [1.165, 1.54) is 0 Å². The Bertz CT molecular complexity index is 132. The lowest BCUT2D eigenvalue weighted by molar-refractivity contribution is -0.0476. The van der Waals surface area contributed by atoms with Gasteiger partial charge in [0.1, 0.15) is 16.3 Å². The molecular formula is C3H7BrFO4P. The molecule has 0 saturated carbocycles. The van der Waals surface area contributed by atoms with Crippen LogP contribution in [0.25, 0.3) is 0 Å². The highest BCUT2D eigenvalue weighted by Gasteiger charge is 2.28. The van der Waals surface area contributed by atoms with Crippen molar-refractivity contribution in [3.63, 3.8) is 0 Å². The summed E-state index contributed by atoms with van der Waals surface area (Å²) in [6, 6.07) is 0. The SMILES string of the molecule is CC(C)OP(=O)(OF)OBr. The van der Waals surface area contributed by atoms with E-state index in [4.69, 9.17) is 0 Å². The molecule has 62 valence electrons. The Morgan fingerprint density at radius 1 is 1.60 bits per heavy atom. The van der Waals surface area contributed by atoms with E-state index in [2.05, 4.69) is 29.1 Å². The Morgan fingerprint density at radius 2 is 2.10 bits per heavy atom. The summed E-state index contributed by atoms with van der Waals surface area (Å²) in [7, 11) is -3.99. The van der Waals surface area contributed by atoms with Crippen molar-refractivity contribution >= 4 is 24.1 Å². The summed E-state index contributed by atoms with van der Waals surface area (Å²) < 4.78 is 33.4. The van der Waals surface area contributed by atoms with Crippen molar-refractivity contribution < 1.29 is 22.0 Å². The molecule has 1 unspecified atom stereocenters. The molecular weight excluding hydrogens is 230 g/mol. The molecule has 0 aromatic rings. The number of hydrogen-bond acceptors (Lipinski definition) is 4. The second-order valence-corrected chi connectivity index (χ2v) is 3.99. The Hall–Kier alpha value is 0.520. The molecule has 7 heteroatoms. The van der Waals surface area contributed by atoms with Crippen molar-refractivity contribution in [2.45, 2.75) is 20.0 Å². The minimum Gasteiger partial charge on any atom is -0.282 e. The monoisotopic (exact) mass is 236 g/mol. The lowest BCUT2D eigenvalue weighted by atomic mass is 10.5. The average Bonchev–Trinajstić information content (AvgIpc) is 1.87. The maximum atomic E-state index is 11.4. The highest BCUT2D eigenvalue weighted by molar-refractivity contribution is 9.06. The molecule has 0 N–H and O–H groups in total. The smallest absolute Gasteiger partial charge is 0.282 e. The van der Waals surface area contributed by atoms with Gasteiger partial charge in [-0.25, -0.2) is 8.18 Å². The summed E-state index contributed by atoms with van der Waals surface area (Å²) in [6.45, 7) is 3.13. The zero-order valence-electron chi connectivity index (χ0n) is 5.41.